The molecule has 1 aromatic heterocycles. The summed E-state index contributed by atoms with van der Waals surface area (Å²) in [6, 6.07) is 0.578. The van der Waals surface area contributed by atoms with E-state index in [4.69, 9.17) is 0 Å². The number of nitrogens with one attached hydrogen (secondary N) is 1. The minimum Gasteiger partial charge on any atom is -0.387 e. The number of imidazole rings is 1. The second kappa shape index (κ2) is 4.78. The first kappa shape index (κ1) is 11.2. The van der Waals surface area contributed by atoms with Gasteiger partial charge in [0.2, 0.25) is 0 Å². The highest BCUT2D eigenvalue weighted by atomic mass is 16.3. The molecule has 0 amide bonds. The Balaban J connectivity index is 1.74. The largest absolute Gasteiger partial charge is 0.387 e. The van der Waals surface area contributed by atoms with E-state index in [1.807, 2.05) is 6.20 Å². The molecule has 3 rings (SSSR count). The Bertz CT molecular complexity index is 382. The standard InChI is InChI=1S/C13H21N3O/c17-12-5-3-7-16-11(12)9-15-13(16)8-10-4-1-2-6-14-10/h9-10,12,14,17H,1-8H2. The molecule has 0 saturated carbocycles. The Morgan fingerprint density at radius 2 is 2.29 bits per heavy atom. The molecular weight excluding hydrogens is 214 g/mol. The van der Waals surface area contributed by atoms with Crippen LogP contribution in [0.25, 0.3) is 0 Å². The maximum absolute atomic E-state index is 9.90. The number of aliphatic hydroxyl groups excluding tert-OH is 1. The SMILES string of the molecule is OC1CCCn2c1cnc2CC1CCCCN1. The molecule has 0 spiro atoms. The van der Waals surface area contributed by atoms with Crippen LogP contribution in [0.15, 0.2) is 6.20 Å². The molecule has 17 heavy (non-hydrogen) atoms. The zero-order chi connectivity index (χ0) is 11.7. The highest BCUT2D eigenvalue weighted by Gasteiger charge is 2.23. The van der Waals surface area contributed by atoms with Gasteiger partial charge in [0.1, 0.15) is 5.82 Å². The van der Waals surface area contributed by atoms with E-state index in [0.717, 1.165) is 43.9 Å². The molecule has 4 nitrogen and oxygen atoms in total. The van der Waals surface area contributed by atoms with Crippen LogP contribution in [0.3, 0.4) is 0 Å². The third kappa shape index (κ3) is 2.24. The van der Waals surface area contributed by atoms with E-state index in [-0.39, 0.29) is 6.10 Å². The first-order valence-electron chi connectivity index (χ1n) is 6.80. The quantitative estimate of drug-likeness (QED) is 0.814. The van der Waals surface area contributed by atoms with Gasteiger partial charge in [-0.05, 0) is 32.2 Å². The van der Waals surface area contributed by atoms with Gasteiger partial charge < -0.3 is 15.0 Å². The average molecular weight is 235 g/mol. The van der Waals surface area contributed by atoms with Crippen molar-refractivity contribution in [1.29, 1.82) is 0 Å². The van der Waals surface area contributed by atoms with Crippen molar-refractivity contribution in [1.82, 2.24) is 14.9 Å². The van der Waals surface area contributed by atoms with Crippen LogP contribution < -0.4 is 5.32 Å². The van der Waals surface area contributed by atoms with Crippen molar-refractivity contribution in [3.05, 3.63) is 17.7 Å². The molecular formula is C13H21N3O. The van der Waals surface area contributed by atoms with Gasteiger partial charge in [-0.2, -0.15) is 0 Å². The van der Waals surface area contributed by atoms with E-state index in [1.54, 1.807) is 0 Å². The summed E-state index contributed by atoms with van der Waals surface area (Å²) in [7, 11) is 0. The maximum Gasteiger partial charge on any atom is 0.110 e. The van der Waals surface area contributed by atoms with Gasteiger partial charge >= 0.3 is 0 Å². The van der Waals surface area contributed by atoms with E-state index in [1.165, 1.54) is 19.3 Å². The normalized spacial score (nSPS) is 29.0. The van der Waals surface area contributed by atoms with Gasteiger partial charge in [-0.25, -0.2) is 4.98 Å². The monoisotopic (exact) mass is 235 g/mol. The molecule has 0 radical (unpaired) electrons. The van der Waals surface area contributed by atoms with E-state index >= 15 is 0 Å². The summed E-state index contributed by atoms with van der Waals surface area (Å²) in [4.78, 5) is 4.51. The smallest absolute Gasteiger partial charge is 0.110 e. The summed E-state index contributed by atoms with van der Waals surface area (Å²) < 4.78 is 2.23. The highest BCUT2D eigenvalue weighted by molar-refractivity contribution is 5.11. The van der Waals surface area contributed by atoms with Crippen LogP contribution in [0, 0.1) is 0 Å². The molecule has 2 aliphatic rings. The molecule has 94 valence electrons. The number of rotatable bonds is 2. The lowest BCUT2D eigenvalue weighted by atomic mass is 10.0. The van der Waals surface area contributed by atoms with Crippen LogP contribution in [-0.2, 0) is 13.0 Å². The molecule has 4 heteroatoms. The fourth-order valence-electron chi connectivity index (χ4n) is 3.03. The summed E-state index contributed by atoms with van der Waals surface area (Å²) in [6.07, 6.45) is 8.40. The number of aromatic nitrogens is 2. The molecule has 0 aliphatic carbocycles. The van der Waals surface area contributed by atoms with Gasteiger partial charge in [-0.3, -0.25) is 0 Å². The predicted octanol–water partition coefficient (Wildman–Crippen LogP) is 1.39. The van der Waals surface area contributed by atoms with Crippen molar-refractivity contribution in [2.45, 2.75) is 57.2 Å². The second-order valence-electron chi connectivity index (χ2n) is 5.26. The van der Waals surface area contributed by atoms with Crippen molar-refractivity contribution < 1.29 is 5.11 Å². The van der Waals surface area contributed by atoms with Crippen molar-refractivity contribution >= 4 is 0 Å². The zero-order valence-corrected chi connectivity index (χ0v) is 10.2. The van der Waals surface area contributed by atoms with Crippen molar-refractivity contribution in [2.24, 2.45) is 0 Å². The Labute approximate surface area is 102 Å². The lowest BCUT2D eigenvalue weighted by Crippen LogP contribution is -2.36. The number of piperidine rings is 1. The fraction of sp³-hybridized carbons (Fsp3) is 0.769. The summed E-state index contributed by atoms with van der Waals surface area (Å²) in [5.74, 6) is 1.15. The number of hydrogen-bond acceptors (Lipinski definition) is 3. The Kier molecular flexibility index (Phi) is 3.16. The molecule has 1 saturated heterocycles. The first-order chi connectivity index (χ1) is 8.34. The Hall–Kier alpha value is -0.870. The first-order valence-corrected chi connectivity index (χ1v) is 6.80. The van der Waals surface area contributed by atoms with Gasteiger partial charge in [0.15, 0.2) is 0 Å². The molecule has 0 aromatic carbocycles. The number of fused-ring (bicyclic) bond motifs is 1. The van der Waals surface area contributed by atoms with Crippen LogP contribution in [0.4, 0.5) is 0 Å². The van der Waals surface area contributed by atoms with Crippen LogP contribution in [0.1, 0.15) is 49.7 Å². The lowest BCUT2D eigenvalue weighted by Gasteiger charge is -2.25. The van der Waals surface area contributed by atoms with Crippen molar-refractivity contribution in [2.75, 3.05) is 6.54 Å². The highest BCUT2D eigenvalue weighted by Crippen LogP contribution is 2.26. The summed E-state index contributed by atoms with van der Waals surface area (Å²) in [6.45, 7) is 2.16. The summed E-state index contributed by atoms with van der Waals surface area (Å²) >= 11 is 0. The number of aliphatic hydroxyl groups is 1. The molecule has 0 bridgehead atoms. The summed E-state index contributed by atoms with van der Waals surface area (Å²) in [5.41, 5.74) is 1.02. The van der Waals surface area contributed by atoms with E-state index in [9.17, 15) is 5.11 Å². The predicted molar refractivity (Wildman–Crippen MR) is 65.8 cm³/mol. The Morgan fingerprint density at radius 1 is 1.35 bits per heavy atom. The molecule has 3 heterocycles. The number of hydrogen-bond donors (Lipinski definition) is 2. The fourth-order valence-corrected chi connectivity index (χ4v) is 3.03. The molecule has 2 N–H and O–H groups in total. The molecule has 2 aliphatic heterocycles. The topological polar surface area (TPSA) is 50.1 Å². The van der Waals surface area contributed by atoms with Crippen molar-refractivity contribution in [3.8, 4) is 0 Å². The van der Waals surface area contributed by atoms with Gasteiger partial charge in [0, 0.05) is 19.0 Å². The van der Waals surface area contributed by atoms with Gasteiger partial charge in [-0.1, -0.05) is 6.42 Å². The summed E-state index contributed by atoms with van der Waals surface area (Å²) in [5, 5.41) is 13.5. The zero-order valence-electron chi connectivity index (χ0n) is 10.2. The molecule has 2 unspecified atom stereocenters. The van der Waals surface area contributed by atoms with Crippen LogP contribution >= 0.6 is 0 Å². The van der Waals surface area contributed by atoms with Crippen LogP contribution in [0.2, 0.25) is 0 Å². The molecule has 1 aromatic rings. The second-order valence-corrected chi connectivity index (χ2v) is 5.26. The van der Waals surface area contributed by atoms with E-state index in [0.29, 0.717) is 6.04 Å². The number of nitrogens with zero attached hydrogens (tertiary/aromatic N) is 2. The minimum atomic E-state index is -0.302. The van der Waals surface area contributed by atoms with Crippen molar-refractivity contribution in [3.63, 3.8) is 0 Å². The average Bonchev–Trinajstić information content (AvgIpc) is 2.76. The minimum absolute atomic E-state index is 0.302. The van der Waals surface area contributed by atoms with Gasteiger partial charge in [-0.15, -0.1) is 0 Å². The van der Waals surface area contributed by atoms with E-state index in [2.05, 4.69) is 14.9 Å². The molecule has 1 fully saturated rings. The van der Waals surface area contributed by atoms with Gasteiger partial charge in [0.05, 0.1) is 18.0 Å². The van der Waals surface area contributed by atoms with Crippen LogP contribution in [0.5, 0.6) is 0 Å². The third-order valence-electron chi connectivity index (χ3n) is 4.01. The third-order valence-corrected chi connectivity index (χ3v) is 4.01. The Morgan fingerprint density at radius 3 is 3.12 bits per heavy atom. The maximum atomic E-state index is 9.90. The molecule has 2 atom stereocenters. The van der Waals surface area contributed by atoms with E-state index < -0.39 is 0 Å². The van der Waals surface area contributed by atoms with Crippen LogP contribution in [-0.4, -0.2) is 27.2 Å². The lowest BCUT2D eigenvalue weighted by molar-refractivity contribution is 0.138. The van der Waals surface area contributed by atoms with Gasteiger partial charge in [0.25, 0.3) is 0 Å².